The monoisotopic (exact) mass is 251 g/mol. The molecule has 18 heavy (non-hydrogen) atoms. The molecule has 0 atom stereocenters. The zero-order chi connectivity index (χ0) is 13.6. The summed E-state index contributed by atoms with van der Waals surface area (Å²) in [5.41, 5.74) is 6.20. The highest BCUT2D eigenvalue weighted by Crippen LogP contribution is 2.25. The summed E-state index contributed by atoms with van der Waals surface area (Å²) in [7, 11) is 1.57. The van der Waals surface area contributed by atoms with E-state index in [1.165, 1.54) is 0 Å². The number of carbonyl (C=O) groups excluding carboxylic acids is 1. The van der Waals surface area contributed by atoms with Crippen molar-refractivity contribution >= 4 is 11.7 Å². The van der Waals surface area contributed by atoms with Crippen LogP contribution in [0.25, 0.3) is 0 Å². The van der Waals surface area contributed by atoms with E-state index in [-0.39, 0.29) is 11.4 Å². The molecule has 4 N–H and O–H groups in total. The second-order valence-electron chi connectivity index (χ2n) is 4.86. The largest absolute Gasteiger partial charge is 0.491 e. The van der Waals surface area contributed by atoms with Gasteiger partial charge in [0.15, 0.2) is 0 Å². The number of ether oxygens (including phenoxy) is 1. The number of rotatable bonds is 5. The number of anilines is 1. The third-order valence-electron chi connectivity index (χ3n) is 2.53. The van der Waals surface area contributed by atoms with E-state index in [2.05, 4.69) is 10.6 Å². The number of hydrogen-bond acceptors (Lipinski definition) is 3. The van der Waals surface area contributed by atoms with Crippen LogP contribution in [0.1, 0.15) is 13.8 Å². The van der Waals surface area contributed by atoms with Gasteiger partial charge < -0.3 is 21.1 Å². The molecule has 0 aliphatic heterocycles. The van der Waals surface area contributed by atoms with E-state index in [1.54, 1.807) is 13.1 Å². The van der Waals surface area contributed by atoms with Crippen LogP contribution in [0, 0.1) is 5.41 Å². The summed E-state index contributed by atoms with van der Waals surface area (Å²) in [6, 6.07) is 7.04. The molecule has 0 spiro atoms. The number of amides is 2. The third kappa shape index (κ3) is 4.25. The average Bonchev–Trinajstić information content (AvgIpc) is 2.37. The summed E-state index contributed by atoms with van der Waals surface area (Å²) in [5.74, 6) is 0.641. The summed E-state index contributed by atoms with van der Waals surface area (Å²) in [5, 5.41) is 5.21. The molecule has 0 radical (unpaired) electrons. The van der Waals surface area contributed by atoms with Crippen LogP contribution in [0.4, 0.5) is 10.5 Å². The van der Waals surface area contributed by atoms with Gasteiger partial charge in [-0.05, 0) is 12.1 Å². The molecule has 1 rings (SSSR count). The van der Waals surface area contributed by atoms with Gasteiger partial charge in [0.25, 0.3) is 0 Å². The van der Waals surface area contributed by atoms with Crippen molar-refractivity contribution in [2.75, 3.05) is 25.5 Å². The van der Waals surface area contributed by atoms with Crippen LogP contribution in [-0.2, 0) is 0 Å². The maximum Gasteiger partial charge on any atom is 0.319 e. The highest BCUT2D eigenvalue weighted by molar-refractivity contribution is 5.90. The van der Waals surface area contributed by atoms with Gasteiger partial charge in [-0.25, -0.2) is 4.79 Å². The quantitative estimate of drug-likeness (QED) is 0.747. The molecule has 0 aliphatic carbocycles. The molecule has 2 amide bonds. The first-order valence-corrected chi connectivity index (χ1v) is 5.89. The van der Waals surface area contributed by atoms with Crippen LogP contribution in [0.2, 0.25) is 0 Å². The fourth-order valence-corrected chi connectivity index (χ4v) is 1.21. The highest BCUT2D eigenvalue weighted by Gasteiger charge is 2.17. The Bertz CT molecular complexity index is 405. The molecule has 0 saturated heterocycles. The van der Waals surface area contributed by atoms with E-state index in [0.717, 1.165) is 0 Å². The number of urea groups is 1. The number of benzene rings is 1. The summed E-state index contributed by atoms with van der Waals surface area (Å²) < 4.78 is 5.72. The standard InChI is InChI=1S/C13H21N3O2/c1-13(2,8-14)9-18-11-7-5-4-6-10(11)16-12(17)15-3/h4-7H,8-9,14H2,1-3H3,(H2,15,16,17). The Labute approximate surface area is 108 Å². The summed E-state index contributed by atoms with van der Waals surface area (Å²) in [6.45, 7) is 5.09. The van der Waals surface area contributed by atoms with Gasteiger partial charge >= 0.3 is 6.03 Å². The molecule has 5 heteroatoms. The van der Waals surface area contributed by atoms with Crippen molar-refractivity contribution < 1.29 is 9.53 Å². The van der Waals surface area contributed by atoms with Crippen molar-refractivity contribution in [2.45, 2.75) is 13.8 Å². The first-order chi connectivity index (χ1) is 8.48. The van der Waals surface area contributed by atoms with E-state index >= 15 is 0 Å². The number of para-hydroxylation sites is 2. The van der Waals surface area contributed by atoms with E-state index < -0.39 is 0 Å². The van der Waals surface area contributed by atoms with Crippen LogP contribution >= 0.6 is 0 Å². The Morgan fingerprint density at radius 3 is 2.67 bits per heavy atom. The molecule has 1 aromatic carbocycles. The average molecular weight is 251 g/mol. The Hall–Kier alpha value is -1.75. The van der Waals surface area contributed by atoms with E-state index in [9.17, 15) is 4.79 Å². The zero-order valence-corrected chi connectivity index (χ0v) is 11.1. The van der Waals surface area contributed by atoms with Crippen molar-refractivity contribution in [2.24, 2.45) is 11.1 Å². The SMILES string of the molecule is CNC(=O)Nc1ccccc1OCC(C)(C)CN. The van der Waals surface area contributed by atoms with E-state index in [4.69, 9.17) is 10.5 Å². The van der Waals surface area contributed by atoms with Gasteiger partial charge in [0.1, 0.15) is 5.75 Å². The minimum Gasteiger partial charge on any atom is -0.491 e. The van der Waals surface area contributed by atoms with Crippen LogP contribution < -0.4 is 21.1 Å². The molecular weight excluding hydrogens is 230 g/mol. The lowest BCUT2D eigenvalue weighted by Crippen LogP contribution is -2.30. The predicted octanol–water partition coefficient (Wildman–Crippen LogP) is 1.80. The van der Waals surface area contributed by atoms with Crippen LogP contribution in [0.5, 0.6) is 5.75 Å². The number of hydrogen-bond donors (Lipinski definition) is 3. The summed E-state index contributed by atoms with van der Waals surface area (Å²) >= 11 is 0. The van der Waals surface area contributed by atoms with Gasteiger partial charge in [0.2, 0.25) is 0 Å². The molecule has 0 aliphatic rings. The molecule has 100 valence electrons. The first kappa shape index (κ1) is 14.3. The Balaban J connectivity index is 2.73. The fourth-order valence-electron chi connectivity index (χ4n) is 1.21. The lowest BCUT2D eigenvalue weighted by atomic mass is 9.95. The second kappa shape index (κ2) is 6.26. The lowest BCUT2D eigenvalue weighted by Gasteiger charge is -2.23. The topological polar surface area (TPSA) is 76.4 Å². The highest BCUT2D eigenvalue weighted by atomic mass is 16.5. The van der Waals surface area contributed by atoms with Crippen molar-refractivity contribution in [1.82, 2.24) is 5.32 Å². The minimum atomic E-state index is -0.274. The summed E-state index contributed by atoms with van der Waals surface area (Å²) in [6.07, 6.45) is 0. The van der Waals surface area contributed by atoms with Crippen molar-refractivity contribution in [3.05, 3.63) is 24.3 Å². The first-order valence-electron chi connectivity index (χ1n) is 5.89. The zero-order valence-electron chi connectivity index (χ0n) is 11.1. The number of carbonyl (C=O) groups is 1. The van der Waals surface area contributed by atoms with Crippen LogP contribution in [-0.4, -0.2) is 26.2 Å². The molecule has 0 saturated carbocycles. The third-order valence-corrected chi connectivity index (χ3v) is 2.53. The molecule has 1 aromatic rings. The molecule has 0 heterocycles. The number of nitrogens with two attached hydrogens (primary N) is 1. The maximum absolute atomic E-state index is 11.3. The van der Waals surface area contributed by atoms with Gasteiger partial charge in [-0.1, -0.05) is 26.0 Å². The van der Waals surface area contributed by atoms with Gasteiger partial charge in [-0.3, -0.25) is 0 Å². The van der Waals surface area contributed by atoms with Crippen LogP contribution in [0.15, 0.2) is 24.3 Å². The maximum atomic E-state index is 11.3. The molecular formula is C13H21N3O2. The normalized spacial score (nSPS) is 10.9. The van der Waals surface area contributed by atoms with Crippen molar-refractivity contribution in [3.63, 3.8) is 0 Å². The summed E-state index contributed by atoms with van der Waals surface area (Å²) in [4.78, 5) is 11.3. The van der Waals surface area contributed by atoms with Gasteiger partial charge in [0.05, 0.1) is 12.3 Å². The van der Waals surface area contributed by atoms with Gasteiger partial charge in [-0.15, -0.1) is 0 Å². The van der Waals surface area contributed by atoms with Crippen molar-refractivity contribution in [3.8, 4) is 5.75 Å². The van der Waals surface area contributed by atoms with Crippen LogP contribution in [0.3, 0.4) is 0 Å². The molecule has 0 fully saturated rings. The second-order valence-corrected chi connectivity index (χ2v) is 4.86. The Morgan fingerprint density at radius 2 is 2.06 bits per heavy atom. The van der Waals surface area contributed by atoms with Gasteiger partial charge in [0, 0.05) is 19.0 Å². The smallest absolute Gasteiger partial charge is 0.319 e. The molecule has 0 unspecified atom stereocenters. The molecule has 5 nitrogen and oxygen atoms in total. The molecule has 0 aromatic heterocycles. The van der Waals surface area contributed by atoms with E-state index in [0.29, 0.717) is 24.6 Å². The Morgan fingerprint density at radius 1 is 1.39 bits per heavy atom. The minimum absolute atomic E-state index is 0.0971. The lowest BCUT2D eigenvalue weighted by molar-refractivity contribution is 0.188. The fraction of sp³-hybridized carbons (Fsp3) is 0.462. The Kier molecular flexibility index (Phi) is 4.97. The van der Waals surface area contributed by atoms with Crippen molar-refractivity contribution in [1.29, 1.82) is 0 Å². The predicted molar refractivity (Wildman–Crippen MR) is 72.9 cm³/mol. The van der Waals surface area contributed by atoms with Gasteiger partial charge in [-0.2, -0.15) is 0 Å². The molecule has 0 bridgehead atoms. The van der Waals surface area contributed by atoms with E-state index in [1.807, 2.05) is 32.0 Å². The number of nitrogens with one attached hydrogen (secondary N) is 2.